The van der Waals surface area contributed by atoms with E-state index in [4.69, 9.17) is 0 Å². The minimum Gasteiger partial charge on any atom is -0.338 e. The van der Waals surface area contributed by atoms with Crippen LogP contribution in [0.25, 0.3) is 0 Å². The normalized spacial score (nSPS) is 17.9. The van der Waals surface area contributed by atoms with Crippen molar-refractivity contribution in [2.45, 2.75) is 24.8 Å². The lowest BCUT2D eigenvalue weighted by Gasteiger charge is -2.49. The summed E-state index contributed by atoms with van der Waals surface area (Å²) in [6.07, 6.45) is 3.61. The van der Waals surface area contributed by atoms with Crippen LogP contribution in [0.2, 0.25) is 0 Å². The Balaban J connectivity index is 2.01. The Labute approximate surface area is 106 Å². The average molecular weight is 253 g/mol. The molecule has 1 fully saturated rings. The predicted molar refractivity (Wildman–Crippen MR) is 69.3 cm³/mol. The summed E-state index contributed by atoms with van der Waals surface area (Å²) in [5.41, 5.74) is 2.44. The molecule has 4 nitrogen and oxygen atoms in total. The fourth-order valence-electron chi connectivity index (χ4n) is 2.36. The second-order valence-corrected chi connectivity index (χ2v) is 5.73. The molecule has 1 amide bonds. The van der Waals surface area contributed by atoms with E-state index in [1.165, 1.54) is 30.6 Å². The minimum atomic E-state index is 0.0272. The monoisotopic (exact) mass is 253 g/mol. The number of carbonyl (C=O) groups is 1. The second kappa shape index (κ2) is 4.74. The van der Waals surface area contributed by atoms with Crippen LogP contribution in [-0.4, -0.2) is 53.9 Å². The standard InChI is InChI=1S/C12H19N3OS/c1-14(2)12(5-4-6-12)8-15(3)11(16)10-7-17-9-13-10/h7,9H,4-6,8H2,1-3H3. The first kappa shape index (κ1) is 12.5. The lowest BCUT2D eigenvalue weighted by atomic mass is 9.75. The maximum absolute atomic E-state index is 12.1. The van der Waals surface area contributed by atoms with Gasteiger partial charge in [0.2, 0.25) is 0 Å². The zero-order valence-electron chi connectivity index (χ0n) is 10.6. The molecule has 0 N–H and O–H groups in total. The summed E-state index contributed by atoms with van der Waals surface area (Å²) in [6, 6.07) is 0. The summed E-state index contributed by atoms with van der Waals surface area (Å²) in [6.45, 7) is 0.788. The Bertz CT molecular complexity index is 384. The summed E-state index contributed by atoms with van der Waals surface area (Å²) in [7, 11) is 6.06. The summed E-state index contributed by atoms with van der Waals surface area (Å²) < 4.78 is 0. The molecule has 0 bridgehead atoms. The van der Waals surface area contributed by atoms with Gasteiger partial charge in [0, 0.05) is 24.5 Å². The van der Waals surface area contributed by atoms with E-state index in [9.17, 15) is 4.79 Å². The van der Waals surface area contributed by atoms with Gasteiger partial charge in [0.05, 0.1) is 5.51 Å². The molecular weight excluding hydrogens is 234 g/mol. The summed E-state index contributed by atoms with van der Waals surface area (Å²) >= 11 is 1.46. The highest BCUT2D eigenvalue weighted by atomic mass is 32.1. The smallest absolute Gasteiger partial charge is 0.273 e. The molecule has 5 heteroatoms. The first-order valence-corrected chi connectivity index (χ1v) is 6.80. The Morgan fingerprint density at radius 3 is 2.59 bits per heavy atom. The number of nitrogens with zero attached hydrogens (tertiary/aromatic N) is 3. The van der Waals surface area contributed by atoms with Crippen molar-refractivity contribution in [3.05, 3.63) is 16.6 Å². The van der Waals surface area contributed by atoms with Gasteiger partial charge in [-0.05, 0) is 33.4 Å². The molecule has 0 unspecified atom stereocenters. The number of hydrogen-bond donors (Lipinski definition) is 0. The average Bonchev–Trinajstić information content (AvgIpc) is 2.74. The van der Waals surface area contributed by atoms with Gasteiger partial charge in [0.15, 0.2) is 0 Å². The number of hydrogen-bond acceptors (Lipinski definition) is 4. The molecule has 1 saturated carbocycles. The number of likely N-dealkylation sites (N-methyl/N-ethyl adjacent to an activating group) is 2. The van der Waals surface area contributed by atoms with E-state index in [0.29, 0.717) is 5.69 Å². The molecule has 1 heterocycles. The summed E-state index contributed by atoms with van der Waals surface area (Å²) in [4.78, 5) is 20.2. The third kappa shape index (κ3) is 2.35. The minimum absolute atomic E-state index is 0.0272. The molecule has 0 aliphatic heterocycles. The zero-order chi connectivity index (χ0) is 12.5. The van der Waals surface area contributed by atoms with Crippen molar-refractivity contribution >= 4 is 17.2 Å². The predicted octanol–water partition coefficient (Wildman–Crippen LogP) is 1.70. The molecule has 0 atom stereocenters. The van der Waals surface area contributed by atoms with E-state index in [1.807, 2.05) is 12.4 Å². The van der Waals surface area contributed by atoms with Gasteiger partial charge in [-0.15, -0.1) is 11.3 Å². The number of rotatable bonds is 4. The van der Waals surface area contributed by atoms with Gasteiger partial charge in [0.1, 0.15) is 5.69 Å². The lowest BCUT2D eigenvalue weighted by Crippen LogP contribution is -2.57. The SMILES string of the molecule is CN(CC1(N(C)C)CCC1)C(=O)c1cscn1. The highest BCUT2D eigenvalue weighted by Gasteiger charge is 2.40. The van der Waals surface area contributed by atoms with Crippen LogP contribution in [0.15, 0.2) is 10.9 Å². The van der Waals surface area contributed by atoms with Crippen molar-refractivity contribution < 1.29 is 4.79 Å². The number of thiazole rings is 1. The number of amides is 1. The summed E-state index contributed by atoms with van der Waals surface area (Å²) in [5.74, 6) is 0.0272. The Morgan fingerprint density at radius 1 is 1.47 bits per heavy atom. The van der Waals surface area contributed by atoms with Crippen molar-refractivity contribution in [2.24, 2.45) is 0 Å². The topological polar surface area (TPSA) is 36.4 Å². The van der Waals surface area contributed by atoms with Crippen LogP contribution in [-0.2, 0) is 0 Å². The van der Waals surface area contributed by atoms with Crippen LogP contribution in [0.3, 0.4) is 0 Å². The maximum Gasteiger partial charge on any atom is 0.273 e. The number of carbonyl (C=O) groups excluding carboxylic acids is 1. The molecule has 0 spiro atoms. The molecule has 1 aliphatic carbocycles. The summed E-state index contributed by atoms with van der Waals surface area (Å²) in [5, 5.41) is 1.81. The van der Waals surface area contributed by atoms with Crippen molar-refractivity contribution in [1.82, 2.24) is 14.8 Å². The van der Waals surface area contributed by atoms with E-state index in [2.05, 4.69) is 24.0 Å². The molecule has 94 valence electrons. The highest BCUT2D eigenvalue weighted by molar-refractivity contribution is 7.07. The zero-order valence-corrected chi connectivity index (χ0v) is 11.5. The van der Waals surface area contributed by atoms with E-state index >= 15 is 0 Å². The van der Waals surface area contributed by atoms with E-state index < -0.39 is 0 Å². The fraction of sp³-hybridized carbons (Fsp3) is 0.667. The third-order valence-corrected chi connectivity index (χ3v) is 4.35. The molecule has 2 rings (SSSR count). The third-order valence-electron chi connectivity index (χ3n) is 3.76. The van der Waals surface area contributed by atoms with Gasteiger partial charge >= 0.3 is 0 Å². The van der Waals surface area contributed by atoms with E-state index in [1.54, 1.807) is 10.4 Å². The van der Waals surface area contributed by atoms with Crippen LogP contribution in [0.1, 0.15) is 29.8 Å². The lowest BCUT2D eigenvalue weighted by molar-refractivity contribution is 0.0250. The Hall–Kier alpha value is -0.940. The van der Waals surface area contributed by atoms with Crippen LogP contribution in [0.5, 0.6) is 0 Å². The highest BCUT2D eigenvalue weighted by Crippen LogP contribution is 2.36. The quantitative estimate of drug-likeness (QED) is 0.819. The van der Waals surface area contributed by atoms with Crippen molar-refractivity contribution in [3.63, 3.8) is 0 Å². The van der Waals surface area contributed by atoms with Crippen LogP contribution in [0, 0.1) is 0 Å². The molecule has 17 heavy (non-hydrogen) atoms. The first-order valence-electron chi connectivity index (χ1n) is 5.86. The van der Waals surface area contributed by atoms with Gasteiger partial charge in [-0.3, -0.25) is 4.79 Å². The largest absolute Gasteiger partial charge is 0.338 e. The Kier molecular flexibility index (Phi) is 3.49. The molecule has 1 aromatic heterocycles. The Morgan fingerprint density at radius 2 is 2.18 bits per heavy atom. The number of aromatic nitrogens is 1. The van der Waals surface area contributed by atoms with Gasteiger partial charge in [-0.2, -0.15) is 0 Å². The van der Waals surface area contributed by atoms with Gasteiger partial charge in [-0.1, -0.05) is 0 Å². The fourth-order valence-corrected chi connectivity index (χ4v) is 2.88. The van der Waals surface area contributed by atoms with Gasteiger partial charge < -0.3 is 9.80 Å². The van der Waals surface area contributed by atoms with Crippen LogP contribution in [0.4, 0.5) is 0 Å². The van der Waals surface area contributed by atoms with E-state index in [-0.39, 0.29) is 11.4 Å². The molecule has 0 saturated heterocycles. The van der Waals surface area contributed by atoms with Crippen molar-refractivity contribution in [1.29, 1.82) is 0 Å². The molecule has 0 radical (unpaired) electrons. The van der Waals surface area contributed by atoms with E-state index in [0.717, 1.165) is 6.54 Å². The molecule has 1 aromatic rings. The van der Waals surface area contributed by atoms with Gasteiger partial charge in [-0.25, -0.2) is 4.98 Å². The first-order chi connectivity index (χ1) is 8.05. The maximum atomic E-state index is 12.1. The molecular formula is C12H19N3OS. The van der Waals surface area contributed by atoms with Crippen LogP contribution >= 0.6 is 11.3 Å². The molecule has 1 aliphatic rings. The van der Waals surface area contributed by atoms with Crippen LogP contribution < -0.4 is 0 Å². The van der Waals surface area contributed by atoms with Crippen molar-refractivity contribution in [3.8, 4) is 0 Å². The van der Waals surface area contributed by atoms with Crippen molar-refractivity contribution in [2.75, 3.05) is 27.7 Å². The van der Waals surface area contributed by atoms with Gasteiger partial charge in [0.25, 0.3) is 5.91 Å². The second-order valence-electron chi connectivity index (χ2n) is 5.01. The molecule has 0 aromatic carbocycles.